The molecule has 0 aliphatic heterocycles. The summed E-state index contributed by atoms with van der Waals surface area (Å²) in [6, 6.07) is 1.71. The average molecular weight is 187 g/mol. The van der Waals surface area contributed by atoms with Crippen LogP contribution in [0.25, 0.3) is 0 Å². The van der Waals surface area contributed by atoms with Gasteiger partial charge >= 0.3 is 0 Å². The number of rotatable bonds is 2. The molecule has 0 atom stereocenters. The van der Waals surface area contributed by atoms with Crippen molar-refractivity contribution in [1.29, 1.82) is 0 Å². The predicted octanol–water partition coefficient (Wildman–Crippen LogP) is 1.29. The van der Waals surface area contributed by atoms with E-state index in [0.29, 0.717) is 10.8 Å². The molecule has 0 saturated heterocycles. The normalized spacial score (nSPS) is 10.0. The van der Waals surface area contributed by atoms with E-state index in [9.17, 15) is 0 Å². The molecule has 0 unspecified atom stereocenters. The monoisotopic (exact) mass is 186 g/mol. The zero-order valence-corrected chi connectivity index (χ0v) is 7.84. The van der Waals surface area contributed by atoms with E-state index in [1.54, 1.807) is 12.3 Å². The second-order valence-electron chi connectivity index (χ2n) is 2.70. The number of halogens is 1. The van der Waals surface area contributed by atoms with Crippen LogP contribution in [0.3, 0.4) is 0 Å². The molecule has 0 aromatic carbocycles. The van der Waals surface area contributed by atoms with Crippen molar-refractivity contribution in [3.05, 3.63) is 22.8 Å². The number of anilines is 1. The zero-order chi connectivity index (χ0) is 9.14. The van der Waals surface area contributed by atoms with Crippen LogP contribution in [0.1, 0.15) is 5.56 Å². The van der Waals surface area contributed by atoms with E-state index in [-0.39, 0.29) is 6.61 Å². The van der Waals surface area contributed by atoms with Crippen LogP contribution in [0.2, 0.25) is 5.02 Å². The van der Waals surface area contributed by atoms with E-state index in [4.69, 9.17) is 16.7 Å². The van der Waals surface area contributed by atoms with Gasteiger partial charge in [0.25, 0.3) is 0 Å². The first kappa shape index (κ1) is 9.29. The molecule has 4 heteroatoms. The molecule has 3 nitrogen and oxygen atoms in total. The van der Waals surface area contributed by atoms with Crippen LogP contribution in [0.5, 0.6) is 0 Å². The fourth-order valence-corrected chi connectivity index (χ4v) is 1.24. The number of hydrogen-bond acceptors (Lipinski definition) is 3. The highest BCUT2D eigenvalue weighted by Crippen LogP contribution is 2.21. The quantitative estimate of drug-likeness (QED) is 0.757. The van der Waals surface area contributed by atoms with Crippen LogP contribution in [0.4, 0.5) is 5.82 Å². The van der Waals surface area contributed by atoms with Gasteiger partial charge in [-0.15, -0.1) is 0 Å². The summed E-state index contributed by atoms with van der Waals surface area (Å²) >= 11 is 5.89. The standard InChI is InChI=1S/C8H11ClN2O/c1-11(2)8-7(9)3-6(5-12)4-10-8/h3-4,12H,5H2,1-2H3. The lowest BCUT2D eigenvalue weighted by molar-refractivity contribution is 0.281. The van der Waals surface area contributed by atoms with E-state index in [2.05, 4.69) is 4.98 Å². The van der Waals surface area contributed by atoms with E-state index in [0.717, 1.165) is 5.56 Å². The summed E-state index contributed by atoms with van der Waals surface area (Å²) in [6.45, 7) is -0.0274. The summed E-state index contributed by atoms with van der Waals surface area (Å²) in [6.07, 6.45) is 1.61. The fraction of sp³-hybridized carbons (Fsp3) is 0.375. The Kier molecular flexibility index (Phi) is 2.89. The maximum absolute atomic E-state index is 8.78. The van der Waals surface area contributed by atoms with Crippen molar-refractivity contribution in [2.75, 3.05) is 19.0 Å². The SMILES string of the molecule is CN(C)c1ncc(CO)cc1Cl. The molecule has 1 aromatic heterocycles. The molecule has 66 valence electrons. The molecule has 0 aliphatic rings. The summed E-state index contributed by atoms with van der Waals surface area (Å²) < 4.78 is 0. The molecule has 0 bridgehead atoms. The molecule has 0 spiro atoms. The van der Waals surface area contributed by atoms with E-state index in [1.807, 2.05) is 19.0 Å². The predicted molar refractivity (Wildman–Crippen MR) is 49.5 cm³/mol. The van der Waals surface area contributed by atoms with Gasteiger partial charge in [0, 0.05) is 20.3 Å². The number of aromatic nitrogens is 1. The molecule has 1 aromatic rings. The van der Waals surface area contributed by atoms with E-state index in [1.165, 1.54) is 0 Å². The Morgan fingerprint density at radius 1 is 1.58 bits per heavy atom. The highest BCUT2D eigenvalue weighted by molar-refractivity contribution is 6.33. The van der Waals surface area contributed by atoms with Crippen LogP contribution in [-0.2, 0) is 6.61 Å². The van der Waals surface area contributed by atoms with Crippen molar-refractivity contribution in [2.45, 2.75) is 6.61 Å². The van der Waals surface area contributed by atoms with Gasteiger partial charge in [0.2, 0.25) is 0 Å². The Morgan fingerprint density at radius 3 is 2.67 bits per heavy atom. The van der Waals surface area contributed by atoms with Gasteiger partial charge in [-0.3, -0.25) is 0 Å². The molecule has 12 heavy (non-hydrogen) atoms. The van der Waals surface area contributed by atoms with Crippen molar-refractivity contribution in [3.8, 4) is 0 Å². The Bertz CT molecular complexity index is 276. The molecule has 1 heterocycles. The minimum absolute atomic E-state index is 0.0274. The molecule has 0 saturated carbocycles. The third-order valence-electron chi connectivity index (χ3n) is 1.48. The van der Waals surface area contributed by atoms with Crippen LogP contribution in [0, 0.1) is 0 Å². The topological polar surface area (TPSA) is 36.4 Å². The molecule has 1 N–H and O–H groups in total. The van der Waals surface area contributed by atoms with Crippen molar-refractivity contribution in [3.63, 3.8) is 0 Å². The Labute approximate surface area is 76.6 Å². The van der Waals surface area contributed by atoms with Crippen molar-refractivity contribution in [2.24, 2.45) is 0 Å². The van der Waals surface area contributed by atoms with Gasteiger partial charge in [0.05, 0.1) is 11.6 Å². The van der Waals surface area contributed by atoms with Crippen molar-refractivity contribution in [1.82, 2.24) is 4.98 Å². The number of nitrogens with zero attached hydrogens (tertiary/aromatic N) is 2. The lowest BCUT2D eigenvalue weighted by atomic mass is 10.3. The third-order valence-corrected chi connectivity index (χ3v) is 1.76. The fourth-order valence-electron chi connectivity index (χ4n) is 0.886. The first-order valence-corrected chi connectivity index (χ1v) is 3.95. The Balaban J connectivity index is 3.03. The average Bonchev–Trinajstić information content (AvgIpc) is 2.03. The molecular formula is C8H11ClN2O. The zero-order valence-electron chi connectivity index (χ0n) is 7.08. The summed E-state index contributed by atoms with van der Waals surface area (Å²) in [4.78, 5) is 5.91. The lowest BCUT2D eigenvalue weighted by Crippen LogP contribution is -2.11. The maximum Gasteiger partial charge on any atom is 0.146 e. The van der Waals surface area contributed by atoms with E-state index >= 15 is 0 Å². The van der Waals surface area contributed by atoms with Gasteiger partial charge in [-0.1, -0.05) is 11.6 Å². The smallest absolute Gasteiger partial charge is 0.146 e. The molecule has 0 aliphatic carbocycles. The van der Waals surface area contributed by atoms with Gasteiger partial charge in [-0.05, 0) is 11.6 Å². The minimum atomic E-state index is -0.0274. The van der Waals surface area contributed by atoms with Gasteiger partial charge in [0.15, 0.2) is 0 Å². The van der Waals surface area contributed by atoms with Crippen molar-refractivity contribution >= 4 is 17.4 Å². The summed E-state index contributed by atoms with van der Waals surface area (Å²) in [5.74, 6) is 0.717. The van der Waals surface area contributed by atoms with Gasteiger partial charge < -0.3 is 10.0 Å². The largest absolute Gasteiger partial charge is 0.392 e. The van der Waals surface area contributed by atoms with Crippen LogP contribution in [-0.4, -0.2) is 24.2 Å². The highest BCUT2D eigenvalue weighted by atomic mass is 35.5. The van der Waals surface area contributed by atoms with Crippen LogP contribution < -0.4 is 4.90 Å². The number of pyridine rings is 1. The Morgan fingerprint density at radius 2 is 2.25 bits per heavy atom. The second kappa shape index (κ2) is 3.74. The van der Waals surface area contributed by atoms with Gasteiger partial charge in [-0.2, -0.15) is 0 Å². The second-order valence-corrected chi connectivity index (χ2v) is 3.11. The minimum Gasteiger partial charge on any atom is -0.392 e. The first-order valence-electron chi connectivity index (χ1n) is 3.57. The van der Waals surface area contributed by atoms with Crippen LogP contribution >= 0.6 is 11.6 Å². The first-order chi connectivity index (χ1) is 5.65. The molecule has 1 rings (SSSR count). The van der Waals surface area contributed by atoms with Crippen LogP contribution in [0.15, 0.2) is 12.3 Å². The number of hydrogen-bond donors (Lipinski definition) is 1. The molecule has 0 radical (unpaired) electrons. The molecule has 0 amide bonds. The summed E-state index contributed by atoms with van der Waals surface area (Å²) in [5.41, 5.74) is 0.727. The number of aliphatic hydroxyl groups excluding tert-OH is 1. The highest BCUT2D eigenvalue weighted by Gasteiger charge is 2.03. The molecular weight excluding hydrogens is 176 g/mol. The van der Waals surface area contributed by atoms with Gasteiger partial charge in [0.1, 0.15) is 5.82 Å². The summed E-state index contributed by atoms with van der Waals surface area (Å²) in [7, 11) is 3.74. The molecule has 0 fully saturated rings. The Hall–Kier alpha value is -0.800. The third kappa shape index (κ3) is 1.87. The lowest BCUT2D eigenvalue weighted by Gasteiger charge is -2.12. The summed E-state index contributed by atoms with van der Waals surface area (Å²) in [5, 5.41) is 9.34. The van der Waals surface area contributed by atoms with Crippen molar-refractivity contribution < 1.29 is 5.11 Å². The maximum atomic E-state index is 8.78. The number of aliphatic hydroxyl groups is 1. The van der Waals surface area contributed by atoms with Gasteiger partial charge in [-0.25, -0.2) is 4.98 Å². The van der Waals surface area contributed by atoms with E-state index < -0.39 is 0 Å².